The van der Waals surface area contributed by atoms with E-state index in [9.17, 15) is 4.79 Å². The molecule has 2 aromatic rings. The van der Waals surface area contributed by atoms with Crippen molar-refractivity contribution < 1.29 is 9.90 Å². The first kappa shape index (κ1) is 11.3. The van der Waals surface area contributed by atoms with Gasteiger partial charge in [-0.15, -0.1) is 0 Å². The minimum absolute atomic E-state index is 0.0347. The van der Waals surface area contributed by atoms with E-state index in [-0.39, 0.29) is 16.5 Å². The molecule has 0 unspecified atom stereocenters. The average molecular weight is 250 g/mol. The van der Waals surface area contributed by atoms with E-state index in [4.69, 9.17) is 16.7 Å². The molecule has 0 aliphatic carbocycles. The van der Waals surface area contributed by atoms with Crippen LogP contribution in [0.15, 0.2) is 36.8 Å². The molecular weight excluding hydrogens is 242 g/mol. The van der Waals surface area contributed by atoms with Crippen LogP contribution in [0, 0.1) is 0 Å². The van der Waals surface area contributed by atoms with Crippen molar-refractivity contribution in [1.82, 2.24) is 9.97 Å². The first-order chi connectivity index (χ1) is 8.16. The monoisotopic (exact) mass is 249 g/mol. The molecular formula is C11H8ClN3O2. The van der Waals surface area contributed by atoms with Gasteiger partial charge in [-0.3, -0.25) is 9.78 Å². The minimum atomic E-state index is -0.411. The zero-order valence-electron chi connectivity index (χ0n) is 8.59. The van der Waals surface area contributed by atoms with Crippen molar-refractivity contribution in [3.63, 3.8) is 0 Å². The maximum atomic E-state index is 11.7. The van der Waals surface area contributed by atoms with Crippen LogP contribution in [-0.4, -0.2) is 21.0 Å². The summed E-state index contributed by atoms with van der Waals surface area (Å²) >= 11 is 5.85. The van der Waals surface area contributed by atoms with Gasteiger partial charge in [0.2, 0.25) is 0 Å². The van der Waals surface area contributed by atoms with Crippen molar-refractivity contribution in [3.8, 4) is 5.75 Å². The lowest BCUT2D eigenvalue weighted by Gasteiger charge is -2.06. The number of carbonyl (C=O) groups is 1. The van der Waals surface area contributed by atoms with Gasteiger partial charge in [0.1, 0.15) is 11.4 Å². The van der Waals surface area contributed by atoms with E-state index in [0.717, 1.165) is 0 Å². The van der Waals surface area contributed by atoms with E-state index in [0.29, 0.717) is 5.69 Å². The Balaban J connectivity index is 2.19. The van der Waals surface area contributed by atoms with Crippen molar-refractivity contribution in [1.29, 1.82) is 0 Å². The van der Waals surface area contributed by atoms with E-state index >= 15 is 0 Å². The highest BCUT2D eigenvalue weighted by Gasteiger charge is 2.09. The summed E-state index contributed by atoms with van der Waals surface area (Å²) in [6.07, 6.45) is 4.25. The van der Waals surface area contributed by atoms with Crippen LogP contribution in [0.3, 0.4) is 0 Å². The highest BCUT2D eigenvalue weighted by molar-refractivity contribution is 6.34. The number of hydrogen-bond donors (Lipinski definition) is 2. The first-order valence-corrected chi connectivity index (χ1v) is 5.10. The van der Waals surface area contributed by atoms with Crippen molar-refractivity contribution in [2.24, 2.45) is 0 Å². The Morgan fingerprint density at radius 3 is 2.82 bits per heavy atom. The number of amides is 1. The molecule has 2 rings (SSSR count). The molecule has 17 heavy (non-hydrogen) atoms. The van der Waals surface area contributed by atoms with Gasteiger partial charge in [-0.25, -0.2) is 4.98 Å². The SMILES string of the molecule is O=C(Nc1ccc(O)cc1Cl)c1cnccn1. The van der Waals surface area contributed by atoms with Crippen LogP contribution in [-0.2, 0) is 0 Å². The molecule has 0 spiro atoms. The number of aromatic hydroxyl groups is 1. The summed E-state index contributed by atoms with van der Waals surface area (Å²) in [5.41, 5.74) is 0.594. The number of phenols is 1. The van der Waals surface area contributed by atoms with E-state index < -0.39 is 5.91 Å². The summed E-state index contributed by atoms with van der Waals surface area (Å²) in [5, 5.41) is 12.0. The number of carbonyl (C=O) groups excluding carboxylic acids is 1. The molecule has 0 bridgehead atoms. The van der Waals surface area contributed by atoms with Gasteiger partial charge in [-0.1, -0.05) is 11.6 Å². The Bertz CT molecular complexity index is 546. The number of rotatable bonds is 2. The lowest BCUT2D eigenvalue weighted by molar-refractivity contribution is 0.102. The van der Waals surface area contributed by atoms with E-state index in [1.165, 1.54) is 36.8 Å². The van der Waals surface area contributed by atoms with Crippen LogP contribution >= 0.6 is 11.6 Å². The molecule has 0 radical (unpaired) electrons. The van der Waals surface area contributed by atoms with Crippen LogP contribution in [0.4, 0.5) is 5.69 Å². The summed E-state index contributed by atoms with van der Waals surface area (Å²) in [7, 11) is 0. The maximum Gasteiger partial charge on any atom is 0.275 e. The lowest BCUT2D eigenvalue weighted by Crippen LogP contribution is -2.13. The van der Waals surface area contributed by atoms with Crippen LogP contribution in [0.25, 0.3) is 0 Å². The van der Waals surface area contributed by atoms with Crippen LogP contribution in [0.1, 0.15) is 10.5 Å². The third-order valence-corrected chi connectivity index (χ3v) is 2.31. The molecule has 0 aliphatic heterocycles. The number of benzene rings is 1. The van der Waals surface area contributed by atoms with Crippen LogP contribution in [0.5, 0.6) is 5.75 Å². The largest absolute Gasteiger partial charge is 0.508 e. The van der Waals surface area contributed by atoms with Crippen LogP contribution in [0.2, 0.25) is 5.02 Å². The molecule has 1 aromatic carbocycles. The van der Waals surface area contributed by atoms with Gasteiger partial charge in [-0.2, -0.15) is 0 Å². The number of phenolic OH excluding ortho intramolecular Hbond substituents is 1. The number of nitrogens with zero attached hydrogens (tertiary/aromatic N) is 2. The van der Waals surface area contributed by atoms with Crippen molar-refractivity contribution in [2.45, 2.75) is 0 Å². The minimum Gasteiger partial charge on any atom is -0.508 e. The van der Waals surface area contributed by atoms with Gasteiger partial charge < -0.3 is 10.4 Å². The lowest BCUT2D eigenvalue weighted by atomic mass is 10.3. The number of aromatic nitrogens is 2. The Morgan fingerprint density at radius 2 is 2.18 bits per heavy atom. The zero-order chi connectivity index (χ0) is 12.3. The predicted octanol–water partition coefficient (Wildman–Crippen LogP) is 2.09. The number of nitrogens with one attached hydrogen (secondary N) is 1. The second-order valence-electron chi connectivity index (χ2n) is 3.21. The molecule has 1 amide bonds. The summed E-state index contributed by atoms with van der Waals surface area (Å²) in [6.45, 7) is 0. The van der Waals surface area contributed by atoms with Crippen molar-refractivity contribution in [2.75, 3.05) is 5.32 Å². The number of anilines is 1. The average Bonchev–Trinajstić information content (AvgIpc) is 2.34. The third-order valence-electron chi connectivity index (χ3n) is 2.00. The summed E-state index contributed by atoms with van der Waals surface area (Å²) in [6, 6.07) is 4.28. The smallest absolute Gasteiger partial charge is 0.275 e. The second-order valence-corrected chi connectivity index (χ2v) is 3.62. The Labute approximate surface area is 102 Å². The fourth-order valence-corrected chi connectivity index (χ4v) is 1.43. The standard InChI is InChI=1S/C11H8ClN3O2/c12-8-5-7(16)1-2-9(8)15-11(17)10-6-13-3-4-14-10/h1-6,16H,(H,15,17). The van der Waals surface area contributed by atoms with E-state index in [1.54, 1.807) is 0 Å². The maximum absolute atomic E-state index is 11.7. The summed E-state index contributed by atoms with van der Waals surface area (Å²) in [4.78, 5) is 19.4. The Kier molecular flexibility index (Phi) is 3.20. The molecule has 5 nitrogen and oxygen atoms in total. The zero-order valence-corrected chi connectivity index (χ0v) is 9.35. The Hall–Kier alpha value is -2.14. The third kappa shape index (κ3) is 2.70. The van der Waals surface area contributed by atoms with Crippen molar-refractivity contribution in [3.05, 3.63) is 47.5 Å². The normalized spacial score (nSPS) is 9.94. The summed E-state index contributed by atoms with van der Waals surface area (Å²) in [5.74, 6) is -0.377. The highest BCUT2D eigenvalue weighted by Crippen LogP contribution is 2.26. The number of halogens is 1. The van der Waals surface area contributed by atoms with E-state index in [1.807, 2.05) is 0 Å². The van der Waals surface area contributed by atoms with Gasteiger partial charge in [-0.05, 0) is 12.1 Å². The molecule has 0 aliphatic rings. The molecule has 86 valence electrons. The molecule has 0 saturated carbocycles. The van der Waals surface area contributed by atoms with Gasteiger partial charge >= 0.3 is 0 Å². The first-order valence-electron chi connectivity index (χ1n) is 4.72. The van der Waals surface area contributed by atoms with E-state index in [2.05, 4.69) is 15.3 Å². The molecule has 2 N–H and O–H groups in total. The molecule has 0 fully saturated rings. The van der Waals surface area contributed by atoms with Gasteiger partial charge in [0.25, 0.3) is 5.91 Å². The quantitative estimate of drug-likeness (QED) is 0.799. The second kappa shape index (κ2) is 4.80. The van der Waals surface area contributed by atoms with Gasteiger partial charge in [0, 0.05) is 18.5 Å². The molecule has 0 saturated heterocycles. The molecule has 1 aromatic heterocycles. The highest BCUT2D eigenvalue weighted by atomic mass is 35.5. The topological polar surface area (TPSA) is 75.1 Å². The number of hydrogen-bond acceptors (Lipinski definition) is 4. The predicted molar refractivity (Wildman–Crippen MR) is 63.1 cm³/mol. The fraction of sp³-hybridized carbons (Fsp3) is 0. The van der Waals surface area contributed by atoms with Crippen molar-refractivity contribution >= 4 is 23.2 Å². The Morgan fingerprint density at radius 1 is 1.35 bits per heavy atom. The van der Waals surface area contributed by atoms with Crippen LogP contribution < -0.4 is 5.32 Å². The molecule has 6 heteroatoms. The summed E-state index contributed by atoms with van der Waals surface area (Å²) < 4.78 is 0. The van der Waals surface area contributed by atoms with Gasteiger partial charge in [0.05, 0.1) is 16.9 Å². The molecule has 0 atom stereocenters. The van der Waals surface area contributed by atoms with Gasteiger partial charge in [0.15, 0.2) is 0 Å². The molecule has 1 heterocycles. The fourth-order valence-electron chi connectivity index (χ4n) is 1.21.